The maximum atomic E-state index is 11.9. The van der Waals surface area contributed by atoms with Crippen LogP contribution in [0.25, 0.3) is 0 Å². The minimum absolute atomic E-state index is 0.0160. The van der Waals surface area contributed by atoms with E-state index in [4.69, 9.17) is 0 Å². The van der Waals surface area contributed by atoms with E-state index < -0.39 is 0 Å². The average molecular weight is 223 g/mol. The number of hydrogen-bond acceptors (Lipinski definition) is 1. The number of carbonyl (C=O) groups excluding carboxylic acids is 1. The molecule has 0 radical (unpaired) electrons. The molecule has 92 valence electrons. The molecule has 1 aliphatic heterocycles. The Balaban J connectivity index is 2.63. The van der Waals surface area contributed by atoms with Crippen molar-refractivity contribution in [2.24, 2.45) is 0 Å². The first kappa shape index (κ1) is 13.3. The molecule has 1 heterocycles. The molecule has 0 N–H and O–H groups in total. The van der Waals surface area contributed by atoms with Crippen LogP contribution in [0.1, 0.15) is 59.3 Å². The number of carbonyl (C=O) groups is 1. The van der Waals surface area contributed by atoms with Crippen LogP contribution in [0.5, 0.6) is 0 Å². The van der Waals surface area contributed by atoms with Crippen LogP contribution in [-0.4, -0.2) is 22.4 Å². The average Bonchev–Trinajstić information content (AvgIpc) is 2.54. The van der Waals surface area contributed by atoms with E-state index in [0.717, 1.165) is 19.3 Å². The standard InChI is InChI=1S/C14H25NO/c1-5-7-8-9-12-10-11-14(3,4)15(12)13(16)6-2/h6,12H,2,5,7-11H2,1,3-4H3. The first-order valence-corrected chi connectivity index (χ1v) is 6.48. The van der Waals surface area contributed by atoms with E-state index in [9.17, 15) is 4.79 Å². The zero-order chi connectivity index (χ0) is 12.2. The second kappa shape index (κ2) is 5.51. The van der Waals surface area contributed by atoms with Crippen LogP contribution < -0.4 is 0 Å². The highest BCUT2D eigenvalue weighted by atomic mass is 16.2. The molecule has 1 aliphatic rings. The molecular formula is C14H25NO. The smallest absolute Gasteiger partial charge is 0.246 e. The van der Waals surface area contributed by atoms with Gasteiger partial charge in [-0.2, -0.15) is 0 Å². The van der Waals surface area contributed by atoms with E-state index in [1.165, 1.54) is 25.3 Å². The van der Waals surface area contributed by atoms with Crippen molar-refractivity contribution in [3.8, 4) is 0 Å². The van der Waals surface area contributed by atoms with Gasteiger partial charge in [0, 0.05) is 11.6 Å². The van der Waals surface area contributed by atoms with Gasteiger partial charge in [-0.05, 0) is 39.2 Å². The lowest BCUT2D eigenvalue weighted by Gasteiger charge is -2.35. The van der Waals surface area contributed by atoms with Gasteiger partial charge >= 0.3 is 0 Å². The van der Waals surface area contributed by atoms with Crippen LogP contribution >= 0.6 is 0 Å². The van der Waals surface area contributed by atoms with Crippen molar-refractivity contribution in [2.75, 3.05) is 0 Å². The van der Waals surface area contributed by atoms with Crippen LogP contribution in [0.15, 0.2) is 12.7 Å². The topological polar surface area (TPSA) is 20.3 Å². The van der Waals surface area contributed by atoms with Gasteiger partial charge in [0.15, 0.2) is 0 Å². The van der Waals surface area contributed by atoms with Gasteiger partial charge in [-0.1, -0.05) is 32.8 Å². The fourth-order valence-corrected chi connectivity index (χ4v) is 2.74. The highest BCUT2D eigenvalue weighted by Gasteiger charge is 2.40. The molecular weight excluding hydrogens is 198 g/mol. The van der Waals surface area contributed by atoms with E-state index >= 15 is 0 Å². The largest absolute Gasteiger partial charge is 0.331 e. The van der Waals surface area contributed by atoms with E-state index in [1.54, 1.807) is 0 Å². The second-order valence-electron chi connectivity index (χ2n) is 5.41. The van der Waals surface area contributed by atoms with E-state index in [-0.39, 0.29) is 11.4 Å². The molecule has 16 heavy (non-hydrogen) atoms. The summed E-state index contributed by atoms with van der Waals surface area (Å²) in [7, 11) is 0. The fraction of sp³-hybridized carbons (Fsp3) is 0.786. The van der Waals surface area contributed by atoms with Gasteiger partial charge in [0.1, 0.15) is 0 Å². The highest BCUT2D eigenvalue weighted by molar-refractivity contribution is 5.88. The molecule has 0 aliphatic carbocycles. The molecule has 0 aromatic heterocycles. The Morgan fingerprint density at radius 1 is 1.50 bits per heavy atom. The predicted molar refractivity (Wildman–Crippen MR) is 68.3 cm³/mol. The van der Waals surface area contributed by atoms with E-state index in [0.29, 0.717) is 6.04 Å². The quantitative estimate of drug-likeness (QED) is 0.516. The Morgan fingerprint density at radius 3 is 2.75 bits per heavy atom. The molecule has 0 aromatic rings. The van der Waals surface area contributed by atoms with Crippen molar-refractivity contribution >= 4 is 5.91 Å². The monoisotopic (exact) mass is 223 g/mol. The second-order valence-corrected chi connectivity index (χ2v) is 5.41. The van der Waals surface area contributed by atoms with Gasteiger partial charge in [-0.15, -0.1) is 0 Å². The van der Waals surface area contributed by atoms with Gasteiger partial charge < -0.3 is 4.90 Å². The summed E-state index contributed by atoms with van der Waals surface area (Å²) >= 11 is 0. The minimum Gasteiger partial charge on any atom is -0.331 e. The molecule has 0 aromatic carbocycles. The van der Waals surface area contributed by atoms with Gasteiger partial charge in [0.05, 0.1) is 0 Å². The molecule has 1 amide bonds. The van der Waals surface area contributed by atoms with Gasteiger partial charge in [-0.3, -0.25) is 4.79 Å². The summed E-state index contributed by atoms with van der Waals surface area (Å²) in [6.45, 7) is 10.1. The Labute approximate surface area is 99.7 Å². The van der Waals surface area contributed by atoms with Crippen molar-refractivity contribution in [3.63, 3.8) is 0 Å². The zero-order valence-electron chi connectivity index (χ0n) is 11.0. The lowest BCUT2D eigenvalue weighted by molar-refractivity contribution is -0.131. The SMILES string of the molecule is C=CC(=O)N1C(CCCCC)CCC1(C)C. The normalized spacial score (nSPS) is 23.4. The fourth-order valence-electron chi connectivity index (χ4n) is 2.74. The number of amides is 1. The highest BCUT2D eigenvalue weighted by Crippen LogP contribution is 2.35. The number of unbranched alkanes of at least 4 members (excludes halogenated alkanes) is 2. The van der Waals surface area contributed by atoms with E-state index in [1.807, 2.05) is 0 Å². The van der Waals surface area contributed by atoms with Crippen molar-refractivity contribution in [2.45, 2.75) is 70.9 Å². The van der Waals surface area contributed by atoms with Crippen molar-refractivity contribution < 1.29 is 4.79 Å². The summed E-state index contributed by atoms with van der Waals surface area (Å²) in [6.07, 6.45) is 8.62. The van der Waals surface area contributed by atoms with Crippen LogP contribution in [0, 0.1) is 0 Å². The molecule has 0 saturated carbocycles. The van der Waals surface area contributed by atoms with Crippen molar-refractivity contribution in [1.29, 1.82) is 0 Å². The van der Waals surface area contributed by atoms with Crippen LogP contribution in [0.3, 0.4) is 0 Å². The van der Waals surface area contributed by atoms with Gasteiger partial charge in [0.2, 0.25) is 5.91 Å². The molecule has 1 saturated heterocycles. The number of likely N-dealkylation sites (tertiary alicyclic amines) is 1. The van der Waals surface area contributed by atoms with Gasteiger partial charge in [0.25, 0.3) is 0 Å². The summed E-state index contributed by atoms with van der Waals surface area (Å²) in [4.78, 5) is 13.9. The molecule has 1 unspecified atom stereocenters. The van der Waals surface area contributed by atoms with Crippen molar-refractivity contribution in [3.05, 3.63) is 12.7 Å². The molecule has 1 fully saturated rings. The lowest BCUT2D eigenvalue weighted by Crippen LogP contribution is -2.46. The third-order valence-electron chi connectivity index (χ3n) is 3.66. The molecule has 2 heteroatoms. The van der Waals surface area contributed by atoms with Crippen molar-refractivity contribution in [1.82, 2.24) is 4.90 Å². The molecule has 0 bridgehead atoms. The first-order chi connectivity index (χ1) is 7.53. The lowest BCUT2D eigenvalue weighted by atomic mass is 10.0. The van der Waals surface area contributed by atoms with Crippen LogP contribution in [0.2, 0.25) is 0 Å². The zero-order valence-corrected chi connectivity index (χ0v) is 11.0. The summed E-state index contributed by atoms with van der Waals surface area (Å²) in [5, 5.41) is 0. The number of nitrogens with zero attached hydrogens (tertiary/aromatic N) is 1. The first-order valence-electron chi connectivity index (χ1n) is 6.48. The maximum absolute atomic E-state index is 11.9. The summed E-state index contributed by atoms with van der Waals surface area (Å²) < 4.78 is 0. The molecule has 1 atom stereocenters. The summed E-state index contributed by atoms with van der Waals surface area (Å²) in [5.41, 5.74) is 0.0160. The molecule has 2 nitrogen and oxygen atoms in total. The molecule has 1 rings (SSSR count). The molecule has 0 spiro atoms. The summed E-state index contributed by atoms with van der Waals surface area (Å²) in [6, 6.07) is 0.437. The predicted octanol–water partition coefficient (Wildman–Crippen LogP) is 3.52. The number of rotatable bonds is 5. The maximum Gasteiger partial charge on any atom is 0.246 e. The Kier molecular flexibility index (Phi) is 4.57. The Bertz CT molecular complexity index is 257. The Morgan fingerprint density at radius 2 is 2.19 bits per heavy atom. The third kappa shape index (κ3) is 2.87. The Hall–Kier alpha value is -0.790. The number of hydrogen-bond donors (Lipinski definition) is 0. The van der Waals surface area contributed by atoms with Crippen LogP contribution in [0.4, 0.5) is 0 Å². The summed E-state index contributed by atoms with van der Waals surface area (Å²) in [5.74, 6) is 0.101. The minimum atomic E-state index is 0.0160. The van der Waals surface area contributed by atoms with Gasteiger partial charge in [-0.25, -0.2) is 0 Å². The van der Waals surface area contributed by atoms with E-state index in [2.05, 4.69) is 32.3 Å². The van der Waals surface area contributed by atoms with Crippen LogP contribution in [-0.2, 0) is 4.79 Å². The third-order valence-corrected chi connectivity index (χ3v) is 3.66.